The van der Waals surface area contributed by atoms with Crippen molar-refractivity contribution in [2.24, 2.45) is 0 Å². The van der Waals surface area contributed by atoms with Crippen LogP contribution in [0.25, 0.3) is 0 Å². The van der Waals surface area contributed by atoms with Crippen LogP contribution in [-0.4, -0.2) is 28.6 Å². The Labute approximate surface area is 94.8 Å². The summed E-state index contributed by atoms with van der Waals surface area (Å²) >= 11 is 0. The second kappa shape index (κ2) is 9.09. The molecule has 0 rings (SSSR count). The second-order valence-electron chi connectivity index (χ2n) is 3.17. The van der Waals surface area contributed by atoms with E-state index in [1.165, 1.54) is 0 Å². The molecule has 0 saturated heterocycles. The second-order valence-corrected chi connectivity index (χ2v) is 5.58. The zero-order valence-electron chi connectivity index (χ0n) is 10.4. The van der Waals surface area contributed by atoms with Crippen LogP contribution < -0.4 is 0 Å². The van der Waals surface area contributed by atoms with Crippen molar-refractivity contribution in [1.29, 1.82) is 0 Å². The Morgan fingerprint density at radius 1 is 1.00 bits per heavy atom. The molecule has 0 atom stereocenters. The molecule has 0 aromatic rings. The van der Waals surface area contributed by atoms with Crippen LogP contribution >= 0.6 is 0 Å². The Morgan fingerprint density at radius 3 is 2.00 bits per heavy atom. The summed E-state index contributed by atoms with van der Waals surface area (Å²) in [6.07, 6.45) is 4.12. The summed E-state index contributed by atoms with van der Waals surface area (Å²) in [4.78, 5) is 0. The van der Waals surface area contributed by atoms with Gasteiger partial charge in [-0.3, -0.25) is 0 Å². The highest BCUT2D eigenvalue weighted by Crippen LogP contribution is 2.12. The van der Waals surface area contributed by atoms with Crippen LogP contribution in [0.4, 0.5) is 0 Å². The molecule has 0 amide bonds. The van der Waals surface area contributed by atoms with E-state index in [0.717, 1.165) is 12.8 Å². The van der Waals surface area contributed by atoms with Crippen LogP contribution in [0.3, 0.4) is 0 Å². The quantitative estimate of drug-likeness (QED) is 0.452. The summed E-state index contributed by atoms with van der Waals surface area (Å²) in [5.41, 5.74) is 1.95. The molecule has 0 spiro atoms. The topological polar surface area (TPSA) is 27.7 Å². The Bertz CT molecular complexity index is 165. The molecule has 0 radical (unpaired) electrons. The highest BCUT2D eigenvalue weighted by molar-refractivity contribution is 6.66. The number of unbranched alkanes of at least 4 members (excludes halogenated alkanes) is 1. The lowest BCUT2D eigenvalue weighted by Crippen LogP contribution is -2.44. The lowest BCUT2D eigenvalue weighted by molar-refractivity contribution is 0.0787. The van der Waals surface area contributed by atoms with Gasteiger partial charge in [-0.1, -0.05) is 19.4 Å². The summed E-state index contributed by atoms with van der Waals surface area (Å²) in [7, 11) is -2.51. The van der Waals surface area contributed by atoms with Gasteiger partial charge in [0.1, 0.15) is 0 Å². The van der Waals surface area contributed by atoms with Gasteiger partial charge in [-0.25, -0.2) is 0 Å². The van der Waals surface area contributed by atoms with Gasteiger partial charge in [-0.15, -0.1) is 0 Å². The first-order valence-electron chi connectivity index (χ1n) is 5.80. The van der Waals surface area contributed by atoms with Crippen molar-refractivity contribution in [3.8, 4) is 0 Å². The molecule has 0 aliphatic rings. The Morgan fingerprint density at radius 2 is 1.60 bits per heavy atom. The molecular formula is C11H24O3Si. The van der Waals surface area contributed by atoms with E-state index in [2.05, 4.69) is 6.92 Å². The van der Waals surface area contributed by atoms with Crippen LogP contribution in [-0.2, 0) is 13.3 Å². The van der Waals surface area contributed by atoms with E-state index in [0.29, 0.717) is 19.8 Å². The average molecular weight is 232 g/mol. The lowest BCUT2D eigenvalue weighted by atomic mass is 10.4. The van der Waals surface area contributed by atoms with E-state index in [1.54, 1.807) is 0 Å². The molecule has 0 N–H and O–H groups in total. The summed E-state index contributed by atoms with van der Waals surface area (Å²) in [5.74, 6) is 0. The normalized spacial score (nSPS) is 12.5. The van der Waals surface area contributed by atoms with Gasteiger partial charge in [-0.2, -0.15) is 0 Å². The molecular weight excluding hydrogens is 208 g/mol. The average Bonchev–Trinajstić information content (AvgIpc) is 2.19. The van der Waals surface area contributed by atoms with E-state index in [4.69, 9.17) is 13.3 Å². The lowest BCUT2D eigenvalue weighted by Gasteiger charge is -2.25. The van der Waals surface area contributed by atoms with E-state index in [9.17, 15) is 0 Å². The third-order valence-corrected chi connectivity index (χ3v) is 4.59. The maximum Gasteiger partial charge on any atom is 0.529 e. The van der Waals surface area contributed by atoms with Crippen molar-refractivity contribution in [2.75, 3.05) is 19.8 Å². The smallest absolute Gasteiger partial charge is 0.371 e. The molecule has 15 heavy (non-hydrogen) atoms. The molecule has 0 aromatic heterocycles. The van der Waals surface area contributed by atoms with Crippen LogP contribution in [0.15, 0.2) is 11.8 Å². The Kier molecular flexibility index (Phi) is 8.99. The zero-order chi connectivity index (χ0) is 11.6. The Hall–Kier alpha value is -0.163. The molecule has 0 unspecified atom stereocenters. The largest absolute Gasteiger partial charge is 0.529 e. The van der Waals surface area contributed by atoms with Gasteiger partial charge in [0.25, 0.3) is 0 Å². The molecule has 3 nitrogen and oxygen atoms in total. The van der Waals surface area contributed by atoms with Gasteiger partial charge in [0.2, 0.25) is 0 Å². The number of rotatable bonds is 9. The monoisotopic (exact) mass is 232 g/mol. The van der Waals surface area contributed by atoms with Crippen molar-refractivity contribution in [3.63, 3.8) is 0 Å². The summed E-state index contributed by atoms with van der Waals surface area (Å²) in [6, 6.07) is 0. The van der Waals surface area contributed by atoms with E-state index >= 15 is 0 Å². The van der Waals surface area contributed by atoms with Gasteiger partial charge in [0.05, 0.1) is 0 Å². The van der Waals surface area contributed by atoms with E-state index in [-0.39, 0.29) is 0 Å². The molecule has 0 heterocycles. The number of allylic oxidation sites excluding steroid dienone is 1. The van der Waals surface area contributed by atoms with Crippen LogP contribution in [0.2, 0.25) is 0 Å². The van der Waals surface area contributed by atoms with Crippen molar-refractivity contribution in [1.82, 2.24) is 0 Å². The van der Waals surface area contributed by atoms with Gasteiger partial charge in [0.15, 0.2) is 0 Å². The first-order valence-corrected chi connectivity index (χ1v) is 7.60. The summed E-state index contributed by atoms with van der Waals surface area (Å²) in [6.45, 7) is 10.0. The first kappa shape index (κ1) is 14.8. The van der Waals surface area contributed by atoms with Crippen molar-refractivity contribution in [2.45, 2.75) is 40.5 Å². The minimum absolute atomic E-state index is 0.628. The third kappa shape index (κ3) is 6.09. The van der Waals surface area contributed by atoms with Gasteiger partial charge in [-0.05, 0) is 32.9 Å². The fraction of sp³-hybridized carbons (Fsp3) is 0.818. The molecule has 0 aliphatic carbocycles. The molecule has 0 bridgehead atoms. The molecule has 4 heteroatoms. The molecule has 0 aliphatic heterocycles. The summed E-state index contributed by atoms with van der Waals surface area (Å²) < 4.78 is 17.1. The summed E-state index contributed by atoms with van der Waals surface area (Å²) in [5, 5.41) is 0. The SMILES string of the molecule is CC=C[Si](OCC)(OCC)OCCCC. The fourth-order valence-corrected chi connectivity index (χ4v) is 3.42. The van der Waals surface area contributed by atoms with Gasteiger partial charge >= 0.3 is 8.80 Å². The standard InChI is InChI=1S/C11H24O3Si/c1-5-9-10-14-15(11-6-2,12-7-3)13-8-4/h6,11H,5,7-10H2,1-4H3. The van der Waals surface area contributed by atoms with Crippen LogP contribution in [0.5, 0.6) is 0 Å². The predicted octanol–water partition coefficient (Wildman–Crippen LogP) is 2.93. The third-order valence-electron chi connectivity index (χ3n) is 1.86. The predicted molar refractivity (Wildman–Crippen MR) is 64.7 cm³/mol. The Balaban J connectivity index is 4.32. The van der Waals surface area contributed by atoms with Crippen molar-refractivity contribution >= 4 is 8.80 Å². The van der Waals surface area contributed by atoms with Gasteiger partial charge < -0.3 is 13.3 Å². The number of hydrogen-bond donors (Lipinski definition) is 0. The zero-order valence-corrected chi connectivity index (χ0v) is 11.4. The highest BCUT2D eigenvalue weighted by Gasteiger charge is 2.37. The maximum atomic E-state index is 5.80. The van der Waals surface area contributed by atoms with Crippen LogP contribution in [0.1, 0.15) is 40.5 Å². The minimum atomic E-state index is -2.51. The maximum absolute atomic E-state index is 5.80. The van der Waals surface area contributed by atoms with E-state index < -0.39 is 8.80 Å². The van der Waals surface area contributed by atoms with E-state index in [1.807, 2.05) is 32.5 Å². The fourth-order valence-electron chi connectivity index (χ4n) is 1.23. The molecule has 0 aromatic carbocycles. The molecule has 90 valence electrons. The van der Waals surface area contributed by atoms with Crippen molar-refractivity contribution in [3.05, 3.63) is 11.8 Å². The van der Waals surface area contributed by atoms with Gasteiger partial charge in [0, 0.05) is 19.8 Å². The minimum Gasteiger partial charge on any atom is -0.371 e. The molecule has 0 saturated carbocycles. The van der Waals surface area contributed by atoms with Crippen LogP contribution in [0, 0.1) is 0 Å². The highest BCUT2D eigenvalue weighted by atomic mass is 28.4. The molecule has 0 fully saturated rings. The first-order chi connectivity index (χ1) is 7.24. The van der Waals surface area contributed by atoms with Crippen molar-refractivity contribution < 1.29 is 13.3 Å². The number of hydrogen-bond acceptors (Lipinski definition) is 3.